The summed E-state index contributed by atoms with van der Waals surface area (Å²) in [6.07, 6.45) is 0.700. The Labute approximate surface area is 219 Å². The number of benzene rings is 2. The second-order valence-corrected chi connectivity index (χ2v) is 10.1. The maximum Gasteiger partial charge on any atom is 0.404 e. The predicted molar refractivity (Wildman–Crippen MR) is 139 cm³/mol. The van der Waals surface area contributed by atoms with Crippen molar-refractivity contribution >= 4 is 17.7 Å². The van der Waals surface area contributed by atoms with E-state index in [0.717, 1.165) is 23.8 Å². The van der Waals surface area contributed by atoms with Gasteiger partial charge in [0.2, 0.25) is 5.91 Å². The van der Waals surface area contributed by atoms with Crippen molar-refractivity contribution in [3.05, 3.63) is 71.7 Å². The van der Waals surface area contributed by atoms with Crippen molar-refractivity contribution in [2.45, 2.75) is 39.8 Å². The molecule has 1 heterocycles. The number of nitrogen functional groups attached to an aromatic ring is 1. The van der Waals surface area contributed by atoms with Crippen LogP contribution >= 0.6 is 0 Å². The SMILES string of the molecule is CC(C)(C)[C@H](c1nc(-c2cc(F)ccc2F)cn1Cc1cccc(N)c1)N(CCCNC(=O)O)C(=O)CO. The van der Waals surface area contributed by atoms with Crippen LogP contribution in [0.2, 0.25) is 0 Å². The molecule has 1 atom stereocenters. The minimum Gasteiger partial charge on any atom is -0.465 e. The van der Waals surface area contributed by atoms with E-state index in [0.29, 0.717) is 11.5 Å². The van der Waals surface area contributed by atoms with E-state index in [1.165, 1.54) is 4.90 Å². The lowest BCUT2D eigenvalue weighted by Gasteiger charge is -2.40. The van der Waals surface area contributed by atoms with Gasteiger partial charge in [0.1, 0.15) is 24.1 Å². The predicted octanol–water partition coefficient (Wildman–Crippen LogP) is 4.02. The summed E-state index contributed by atoms with van der Waals surface area (Å²) < 4.78 is 30.5. The first kappa shape index (κ1) is 28.6. The van der Waals surface area contributed by atoms with Crippen LogP contribution in [0, 0.1) is 17.0 Å². The molecule has 0 aliphatic heterocycles. The highest BCUT2D eigenvalue weighted by Gasteiger charge is 2.38. The van der Waals surface area contributed by atoms with E-state index in [2.05, 4.69) is 5.32 Å². The van der Waals surface area contributed by atoms with Crippen LogP contribution in [0.1, 0.15) is 44.6 Å². The zero-order valence-corrected chi connectivity index (χ0v) is 21.6. The summed E-state index contributed by atoms with van der Waals surface area (Å²) in [5.74, 6) is -1.45. The lowest BCUT2D eigenvalue weighted by molar-refractivity contribution is -0.139. The summed E-state index contributed by atoms with van der Waals surface area (Å²) in [5, 5.41) is 20.9. The van der Waals surface area contributed by atoms with Crippen LogP contribution in [0.25, 0.3) is 11.3 Å². The molecule has 0 saturated carbocycles. The zero-order chi connectivity index (χ0) is 28.0. The van der Waals surface area contributed by atoms with Crippen molar-refractivity contribution in [3.63, 3.8) is 0 Å². The van der Waals surface area contributed by atoms with Gasteiger partial charge in [-0.15, -0.1) is 0 Å². The van der Waals surface area contributed by atoms with Crippen molar-refractivity contribution < 1.29 is 28.6 Å². The number of carbonyl (C=O) groups is 2. The van der Waals surface area contributed by atoms with Gasteiger partial charge in [-0.25, -0.2) is 18.6 Å². The van der Waals surface area contributed by atoms with Gasteiger partial charge in [-0.3, -0.25) is 4.79 Å². The summed E-state index contributed by atoms with van der Waals surface area (Å²) in [6, 6.07) is 9.59. The zero-order valence-electron chi connectivity index (χ0n) is 21.6. The first-order valence-electron chi connectivity index (χ1n) is 12.1. The fourth-order valence-electron chi connectivity index (χ4n) is 4.41. The van der Waals surface area contributed by atoms with Crippen LogP contribution < -0.4 is 11.1 Å². The summed E-state index contributed by atoms with van der Waals surface area (Å²) in [6.45, 7) is 5.42. The van der Waals surface area contributed by atoms with Crippen LogP contribution in [0.3, 0.4) is 0 Å². The number of hydrogen-bond donors (Lipinski definition) is 4. The molecule has 0 saturated heterocycles. The largest absolute Gasteiger partial charge is 0.465 e. The monoisotopic (exact) mass is 529 g/mol. The lowest BCUT2D eigenvalue weighted by Crippen LogP contribution is -2.45. The van der Waals surface area contributed by atoms with Crippen LogP contribution in [0.15, 0.2) is 48.7 Å². The van der Waals surface area contributed by atoms with Gasteiger partial charge in [0.05, 0.1) is 11.7 Å². The number of amides is 2. The molecular formula is C27H33F2N5O4. The van der Waals surface area contributed by atoms with Crippen molar-refractivity contribution in [1.82, 2.24) is 19.8 Å². The third kappa shape index (κ3) is 7.06. The second kappa shape index (κ2) is 12.0. The van der Waals surface area contributed by atoms with Crippen LogP contribution in [-0.4, -0.2) is 56.4 Å². The second-order valence-electron chi connectivity index (χ2n) is 10.1. The molecule has 0 aliphatic rings. The number of aliphatic hydroxyl groups is 1. The molecule has 0 bridgehead atoms. The Morgan fingerprint density at radius 2 is 1.92 bits per heavy atom. The van der Waals surface area contributed by atoms with Crippen LogP contribution in [0.5, 0.6) is 0 Å². The quantitative estimate of drug-likeness (QED) is 0.232. The smallest absolute Gasteiger partial charge is 0.404 e. The standard InChI is InChI=1S/C27H33F2N5O4/c1-27(2,3)24(34(23(36)16-35)11-5-10-31-26(37)38)25-32-22(20-13-18(28)8-9-21(20)29)15-33(25)14-17-6-4-7-19(30)12-17/h4,6-9,12-13,15,24,31,35H,5,10-11,14,16,30H2,1-3H3,(H,37,38)/t24-/m0/s1. The number of rotatable bonds is 10. The van der Waals surface area contributed by atoms with Gasteiger partial charge in [0.25, 0.3) is 0 Å². The average Bonchev–Trinajstić information content (AvgIpc) is 3.23. The molecule has 5 N–H and O–H groups in total. The van der Waals surface area contributed by atoms with E-state index in [-0.39, 0.29) is 37.3 Å². The maximum absolute atomic E-state index is 14.7. The van der Waals surface area contributed by atoms with Crippen molar-refractivity contribution in [2.75, 3.05) is 25.4 Å². The molecule has 9 nitrogen and oxygen atoms in total. The number of carboxylic acid groups (broad SMARTS) is 1. The molecule has 204 valence electrons. The summed E-state index contributed by atoms with van der Waals surface area (Å²) in [7, 11) is 0. The van der Waals surface area contributed by atoms with E-state index in [9.17, 15) is 23.5 Å². The molecule has 3 rings (SSSR count). The van der Waals surface area contributed by atoms with Gasteiger partial charge in [0.15, 0.2) is 0 Å². The Bertz CT molecular complexity index is 1290. The average molecular weight is 530 g/mol. The van der Waals surface area contributed by atoms with E-state index < -0.39 is 41.7 Å². The number of nitrogens with one attached hydrogen (secondary N) is 1. The highest BCUT2D eigenvalue weighted by molar-refractivity contribution is 5.77. The minimum absolute atomic E-state index is 0.0315. The summed E-state index contributed by atoms with van der Waals surface area (Å²) in [4.78, 5) is 30.0. The van der Waals surface area contributed by atoms with Gasteiger partial charge in [-0.1, -0.05) is 32.9 Å². The molecule has 1 aromatic heterocycles. The summed E-state index contributed by atoms with van der Waals surface area (Å²) in [5.41, 5.74) is 6.87. The number of carbonyl (C=O) groups excluding carboxylic acids is 1. The fourth-order valence-corrected chi connectivity index (χ4v) is 4.41. The Morgan fingerprint density at radius 1 is 1.18 bits per heavy atom. The molecule has 11 heteroatoms. The van der Waals surface area contributed by atoms with Gasteiger partial charge in [-0.05, 0) is 47.7 Å². The molecule has 0 radical (unpaired) electrons. The Hall–Kier alpha value is -3.99. The highest BCUT2D eigenvalue weighted by Crippen LogP contribution is 2.39. The first-order valence-corrected chi connectivity index (χ1v) is 12.1. The topological polar surface area (TPSA) is 134 Å². The number of halogens is 2. The molecule has 0 aliphatic carbocycles. The van der Waals surface area contributed by atoms with E-state index in [4.69, 9.17) is 15.8 Å². The van der Waals surface area contributed by atoms with E-state index in [1.807, 2.05) is 26.8 Å². The number of aliphatic hydroxyl groups excluding tert-OH is 1. The Morgan fingerprint density at radius 3 is 2.55 bits per heavy atom. The molecule has 2 amide bonds. The number of hydrogen-bond acceptors (Lipinski definition) is 5. The Kier molecular flexibility index (Phi) is 9.05. The Balaban J connectivity index is 2.15. The highest BCUT2D eigenvalue weighted by atomic mass is 19.1. The van der Waals surface area contributed by atoms with Crippen LogP contribution in [0.4, 0.5) is 19.3 Å². The lowest BCUT2D eigenvalue weighted by atomic mass is 9.84. The van der Waals surface area contributed by atoms with Gasteiger partial charge >= 0.3 is 6.09 Å². The molecular weight excluding hydrogens is 496 g/mol. The van der Waals surface area contributed by atoms with Crippen molar-refractivity contribution in [2.24, 2.45) is 5.41 Å². The first-order chi connectivity index (χ1) is 17.9. The molecule has 0 unspecified atom stereocenters. The minimum atomic E-state index is -1.18. The summed E-state index contributed by atoms with van der Waals surface area (Å²) >= 11 is 0. The van der Waals surface area contributed by atoms with Crippen molar-refractivity contribution in [1.29, 1.82) is 0 Å². The third-order valence-electron chi connectivity index (χ3n) is 6.00. The normalized spacial score (nSPS) is 12.3. The van der Waals surface area contributed by atoms with Gasteiger partial charge in [-0.2, -0.15) is 0 Å². The number of imidazole rings is 1. The third-order valence-corrected chi connectivity index (χ3v) is 6.00. The molecule has 3 aromatic rings. The van der Waals surface area contributed by atoms with Crippen molar-refractivity contribution in [3.8, 4) is 11.3 Å². The van der Waals surface area contributed by atoms with E-state index in [1.54, 1.807) is 29.0 Å². The molecule has 0 spiro atoms. The number of anilines is 1. The fraction of sp³-hybridized carbons (Fsp3) is 0.370. The number of nitrogens with two attached hydrogens (primary N) is 1. The van der Waals surface area contributed by atoms with Gasteiger partial charge < -0.3 is 30.7 Å². The number of aromatic nitrogens is 2. The van der Waals surface area contributed by atoms with Gasteiger partial charge in [0, 0.05) is 37.1 Å². The molecule has 2 aromatic carbocycles. The molecule has 38 heavy (non-hydrogen) atoms. The van der Waals surface area contributed by atoms with E-state index >= 15 is 0 Å². The van der Waals surface area contributed by atoms with Crippen LogP contribution in [-0.2, 0) is 11.3 Å². The number of nitrogens with zero attached hydrogens (tertiary/aromatic N) is 3. The maximum atomic E-state index is 14.7. The molecule has 0 fully saturated rings.